The number of amides is 1. The third kappa shape index (κ3) is 5.24. The molecule has 2 N–H and O–H groups in total. The van der Waals surface area contributed by atoms with Crippen molar-refractivity contribution < 1.29 is 18.7 Å². The van der Waals surface area contributed by atoms with E-state index in [4.69, 9.17) is 9.47 Å². The van der Waals surface area contributed by atoms with Gasteiger partial charge in [0.05, 0.1) is 19.3 Å². The number of benzene rings is 1. The van der Waals surface area contributed by atoms with Gasteiger partial charge in [-0.25, -0.2) is 4.39 Å². The summed E-state index contributed by atoms with van der Waals surface area (Å²) in [4.78, 5) is 11.9. The molecule has 1 aliphatic rings. The van der Waals surface area contributed by atoms with E-state index < -0.39 is 0 Å². The number of carbonyl (C=O) groups excluding carboxylic acids is 1. The number of hydrogen-bond donors (Lipinski definition) is 2. The smallest absolute Gasteiger partial charge is 0.239 e. The summed E-state index contributed by atoms with van der Waals surface area (Å²) in [5.41, 5.74) is 0.821. The molecule has 0 aliphatic carbocycles. The van der Waals surface area contributed by atoms with E-state index in [1.807, 2.05) is 0 Å². The number of halogens is 2. The number of nitrogens with one attached hydrogen (secondary N) is 2. The van der Waals surface area contributed by atoms with Crippen molar-refractivity contribution in [3.63, 3.8) is 0 Å². The van der Waals surface area contributed by atoms with Crippen LogP contribution in [0, 0.1) is 5.82 Å². The number of morpholine rings is 1. The number of rotatable bonds is 5. The van der Waals surface area contributed by atoms with Gasteiger partial charge >= 0.3 is 0 Å². The van der Waals surface area contributed by atoms with Gasteiger partial charge in [-0.1, -0.05) is 12.1 Å². The van der Waals surface area contributed by atoms with E-state index in [0.29, 0.717) is 26.3 Å². The summed E-state index contributed by atoms with van der Waals surface area (Å²) in [5.74, 6) is -0.412. The van der Waals surface area contributed by atoms with E-state index in [-0.39, 0.29) is 36.3 Å². The Morgan fingerprint density at radius 2 is 2.24 bits per heavy atom. The maximum Gasteiger partial charge on any atom is 0.239 e. The van der Waals surface area contributed by atoms with Crippen LogP contribution in [-0.4, -0.2) is 45.4 Å². The highest BCUT2D eigenvalue weighted by molar-refractivity contribution is 5.85. The van der Waals surface area contributed by atoms with Gasteiger partial charge in [0.1, 0.15) is 11.9 Å². The standard InChI is InChI=1S/C14H19FN2O3.ClH/c1-19-13(10-2-4-11(15)5-3-10)8-17-14(18)12-9-20-7-6-16-12;/h2-5,12-13,16H,6-9H2,1H3,(H,17,18);1H. The molecule has 1 amide bonds. The molecule has 0 aromatic heterocycles. The average Bonchev–Trinajstić information content (AvgIpc) is 2.50. The molecule has 2 rings (SSSR count). The van der Waals surface area contributed by atoms with Crippen molar-refractivity contribution in [1.29, 1.82) is 0 Å². The van der Waals surface area contributed by atoms with Gasteiger partial charge in [0.2, 0.25) is 5.91 Å². The van der Waals surface area contributed by atoms with E-state index in [0.717, 1.165) is 5.56 Å². The second kappa shape index (κ2) is 8.94. The molecule has 0 radical (unpaired) electrons. The Bertz CT molecular complexity index is 438. The van der Waals surface area contributed by atoms with Crippen LogP contribution >= 0.6 is 12.4 Å². The average molecular weight is 319 g/mol. The van der Waals surface area contributed by atoms with Crippen molar-refractivity contribution in [2.24, 2.45) is 0 Å². The van der Waals surface area contributed by atoms with E-state index in [1.165, 1.54) is 12.1 Å². The zero-order chi connectivity index (χ0) is 14.4. The Labute approximate surface area is 129 Å². The highest BCUT2D eigenvalue weighted by atomic mass is 35.5. The quantitative estimate of drug-likeness (QED) is 0.851. The first-order valence-corrected chi connectivity index (χ1v) is 6.58. The van der Waals surface area contributed by atoms with Gasteiger partial charge in [-0.05, 0) is 17.7 Å². The Balaban J connectivity index is 0.00000220. The minimum atomic E-state index is -0.325. The molecule has 1 aromatic carbocycles. The van der Waals surface area contributed by atoms with Crippen molar-refractivity contribution in [3.05, 3.63) is 35.6 Å². The van der Waals surface area contributed by atoms with Crippen molar-refractivity contribution in [1.82, 2.24) is 10.6 Å². The van der Waals surface area contributed by atoms with E-state index in [9.17, 15) is 9.18 Å². The molecule has 118 valence electrons. The van der Waals surface area contributed by atoms with Crippen molar-refractivity contribution >= 4 is 18.3 Å². The van der Waals surface area contributed by atoms with Gasteiger partial charge in [-0.3, -0.25) is 4.79 Å². The maximum absolute atomic E-state index is 12.9. The first-order chi connectivity index (χ1) is 9.70. The normalized spacial score (nSPS) is 19.4. The van der Waals surface area contributed by atoms with Crippen LogP contribution < -0.4 is 10.6 Å². The van der Waals surface area contributed by atoms with Crippen LogP contribution in [0.25, 0.3) is 0 Å². The van der Waals surface area contributed by atoms with Crippen LogP contribution in [0.4, 0.5) is 4.39 Å². The van der Waals surface area contributed by atoms with Crippen molar-refractivity contribution in [3.8, 4) is 0 Å². The third-order valence-corrected chi connectivity index (χ3v) is 3.23. The van der Waals surface area contributed by atoms with Crippen LogP contribution in [0.1, 0.15) is 11.7 Å². The summed E-state index contributed by atoms with van der Waals surface area (Å²) in [6, 6.07) is 5.73. The molecule has 1 fully saturated rings. The molecular weight excluding hydrogens is 299 g/mol. The monoisotopic (exact) mass is 318 g/mol. The zero-order valence-electron chi connectivity index (χ0n) is 11.8. The van der Waals surface area contributed by atoms with Crippen LogP contribution in [-0.2, 0) is 14.3 Å². The first kappa shape index (κ1) is 17.8. The topological polar surface area (TPSA) is 59.6 Å². The lowest BCUT2D eigenvalue weighted by molar-refractivity contribution is -0.126. The largest absolute Gasteiger partial charge is 0.378 e. The number of hydrogen-bond acceptors (Lipinski definition) is 4. The molecule has 1 saturated heterocycles. The predicted molar refractivity (Wildman–Crippen MR) is 79.0 cm³/mol. The molecule has 7 heteroatoms. The number of ether oxygens (including phenoxy) is 2. The summed E-state index contributed by atoms with van der Waals surface area (Å²) in [7, 11) is 1.56. The fourth-order valence-corrected chi connectivity index (χ4v) is 2.07. The second-order valence-corrected chi connectivity index (χ2v) is 4.60. The second-order valence-electron chi connectivity index (χ2n) is 4.60. The maximum atomic E-state index is 12.9. The molecular formula is C14H20ClFN2O3. The summed E-state index contributed by atoms with van der Waals surface area (Å²) in [6.45, 7) is 2.00. The highest BCUT2D eigenvalue weighted by Gasteiger charge is 2.22. The minimum absolute atomic E-state index is 0. The van der Waals surface area contributed by atoms with Crippen LogP contribution in [0.3, 0.4) is 0 Å². The van der Waals surface area contributed by atoms with Gasteiger partial charge in [0.25, 0.3) is 0 Å². The van der Waals surface area contributed by atoms with Gasteiger partial charge in [0, 0.05) is 20.2 Å². The van der Waals surface area contributed by atoms with Gasteiger partial charge in [-0.2, -0.15) is 0 Å². The fourth-order valence-electron chi connectivity index (χ4n) is 2.07. The SMILES string of the molecule is COC(CNC(=O)C1COCCN1)c1ccc(F)cc1.Cl. The fraction of sp³-hybridized carbons (Fsp3) is 0.500. The number of carbonyl (C=O) groups is 1. The lowest BCUT2D eigenvalue weighted by atomic mass is 10.1. The molecule has 21 heavy (non-hydrogen) atoms. The molecule has 1 heterocycles. The molecule has 1 aromatic rings. The zero-order valence-corrected chi connectivity index (χ0v) is 12.6. The van der Waals surface area contributed by atoms with Crippen LogP contribution in [0.5, 0.6) is 0 Å². The Kier molecular flexibility index (Phi) is 7.60. The highest BCUT2D eigenvalue weighted by Crippen LogP contribution is 2.16. The van der Waals surface area contributed by atoms with Crippen molar-refractivity contribution in [2.45, 2.75) is 12.1 Å². The minimum Gasteiger partial charge on any atom is -0.378 e. The van der Waals surface area contributed by atoms with Gasteiger partial charge in [0.15, 0.2) is 0 Å². The molecule has 1 aliphatic heterocycles. The summed E-state index contributed by atoms with van der Waals surface area (Å²) in [5, 5.41) is 5.90. The van der Waals surface area contributed by atoms with Crippen molar-refractivity contribution in [2.75, 3.05) is 33.4 Å². The summed E-state index contributed by atoms with van der Waals surface area (Å²) in [6.07, 6.45) is -0.302. The van der Waals surface area contributed by atoms with Gasteiger partial charge < -0.3 is 20.1 Å². The van der Waals surface area contributed by atoms with E-state index in [1.54, 1.807) is 19.2 Å². The molecule has 0 spiro atoms. The van der Waals surface area contributed by atoms with E-state index >= 15 is 0 Å². The molecule has 0 bridgehead atoms. The molecule has 2 atom stereocenters. The van der Waals surface area contributed by atoms with E-state index in [2.05, 4.69) is 10.6 Å². The number of methoxy groups -OCH3 is 1. The lowest BCUT2D eigenvalue weighted by Crippen LogP contribution is -2.51. The molecule has 5 nitrogen and oxygen atoms in total. The van der Waals surface area contributed by atoms with Crippen LogP contribution in [0.2, 0.25) is 0 Å². The molecule has 0 saturated carbocycles. The van der Waals surface area contributed by atoms with Crippen LogP contribution in [0.15, 0.2) is 24.3 Å². The molecule has 2 unspecified atom stereocenters. The lowest BCUT2D eigenvalue weighted by Gasteiger charge is -2.24. The van der Waals surface area contributed by atoms with Gasteiger partial charge in [-0.15, -0.1) is 12.4 Å². The first-order valence-electron chi connectivity index (χ1n) is 6.58. The Morgan fingerprint density at radius 3 is 2.81 bits per heavy atom. The third-order valence-electron chi connectivity index (χ3n) is 3.23. The Morgan fingerprint density at radius 1 is 1.52 bits per heavy atom. The Hall–Kier alpha value is -1.21. The summed E-state index contributed by atoms with van der Waals surface area (Å²) < 4.78 is 23.4. The predicted octanol–water partition coefficient (Wildman–Crippen LogP) is 1.04. The summed E-state index contributed by atoms with van der Waals surface area (Å²) >= 11 is 0.